The van der Waals surface area contributed by atoms with Crippen LogP contribution in [-0.4, -0.2) is 32.8 Å². The molecular formula is C14H21NO4. The Morgan fingerprint density at radius 1 is 1.26 bits per heavy atom. The monoisotopic (exact) mass is 267 g/mol. The van der Waals surface area contributed by atoms with Crippen molar-refractivity contribution in [2.75, 3.05) is 26.9 Å². The van der Waals surface area contributed by atoms with Gasteiger partial charge in [0.1, 0.15) is 0 Å². The smallest absolute Gasteiger partial charge is 0.308 e. The van der Waals surface area contributed by atoms with Crippen LogP contribution in [-0.2, 0) is 16.0 Å². The predicted octanol–water partition coefficient (Wildman–Crippen LogP) is 1.53. The van der Waals surface area contributed by atoms with E-state index in [4.69, 9.17) is 15.2 Å². The first-order chi connectivity index (χ1) is 9.21. The molecule has 0 radical (unpaired) electrons. The third-order valence-corrected chi connectivity index (χ3v) is 2.53. The molecule has 1 aromatic rings. The van der Waals surface area contributed by atoms with Crippen LogP contribution in [0.5, 0.6) is 11.5 Å². The van der Waals surface area contributed by atoms with E-state index in [1.54, 1.807) is 0 Å². The van der Waals surface area contributed by atoms with Crippen LogP contribution in [0.3, 0.4) is 0 Å². The van der Waals surface area contributed by atoms with Crippen LogP contribution in [0.15, 0.2) is 18.2 Å². The van der Waals surface area contributed by atoms with Gasteiger partial charge in [0.2, 0.25) is 0 Å². The maximum Gasteiger partial charge on any atom is 0.308 e. The van der Waals surface area contributed by atoms with E-state index in [9.17, 15) is 4.79 Å². The summed E-state index contributed by atoms with van der Waals surface area (Å²) in [5.41, 5.74) is 6.63. The fourth-order valence-corrected chi connectivity index (χ4v) is 1.61. The molecule has 1 aromatic carbocycles. The number of nitrogens with two attached hydrogens (primary N) is 1. The fourth-order valence-electron chi connectivity index (χ4n) is 1.61. The Hall–Kier alpha value is -1.75. The molecule has 2 N–H and O–H groups in total. The summed E-state index contributed by atoms with van der Waals surface area (Å²) in [4.78, 5) is 11.0. The molecule has 0 aliphatic heterocycles. The minimum atomic E-state index is -0.294. The molecule has 5 nitrogen and oxygen atoms in total. The second kappa shape index (κ2) is 8.37. The number of esters is 1. The molecule has 0 unspecified atom stereocenters. The van der Waals surface area contributed by atoms with Crippen molar-refractivity contribution in [2.45, 2.75) is 19.8 Å². The normalized spacial score (nSPS) is 10.1. The van der Waals surface area contributed by atoms with Gasteiger partial charge in [-0.25, -0.2) is 0 Å². The minimum absolute atomic E-state index is 0.215. The van der Waals surface area contributed by atoms with Crippen LogP contribution in [0.2, 0.25) is 0 Å². The highest BCUT2D eigenvalue weighted by molar-refractivity contribution is 5.69. The van der Waals surface area contributed by atoms with Gasteiger partial charge in [0.15, 0.2) is 11.5 Å². The predicted molar refractivity (Wildman–Crippen MR) is 72.5 cm³/mol. The molecule has 0 aromatic heterocycles. The molecule has 0 fully saturated rings. The third kappa shape index (κ3) is 5.18. The maximum atomic E-state index is 11.0. The Morgan fingerprint density at radius 2 is 2.05 bits per heavy atom. The van der Waals surface area contributed by atoms with Crippen molar-refractivity contribution >= 4 is 5.97 Å². The van der Waals surface area contributed by atoms with E-state index in [0.717, 1.165) is 12.0 Å². The van der Waals surface area contributed by atoms with Crippen molar-refractivity contribution in [1.82, 2.24) is 0 Å². The average Bonchev–Trinajstić information content (AvgIpc) is 2.41. The van der Waals surface area contributed by atoms with Crippen LogP contribution in [0, 0.1) is 0 Å². The van der Waals surface area contributed by atoms with E-state index >= 15 is 0 Å². The van der Waals surface area contributed by atoms with Crippen LogP contribution < -0.4 is 15.2 Å². The van der Waals surface area contributed by atoms with Gasteiger partial charge in [-0.3, -0.25) is 4.79 Å². The van der Waals surface area contributed by atoms with Crippen LogP contribution in [0.4, 0.5) is 0 Å². The standard InChI is InChI=1S/C14H21NO4/c1-3-18-13-10-11(6-8-15)4-5-12(13)19-9-7-14(16)17-2/h4-5,10H,3,6-9,15H2,1-2H3. The van der Waals surface area contributed by atoms with E-state index in [1.165, 1.54) is 7.11 Å². The first kappa shape index (κ1) is 15.3. The van der Waals surface area contributed by atoms with Crippen LogP contribution in [0.25, 0.3) is 0 Å². The van der Waals surface area contributed by atoms with E-state index in [2.05, 4.69) is 4.74 Å². The molecule has 0 heterocycles. The fraction of sp³-hybridized carbons (Fsp3) is 0.500. The van der Waals surface area contributed by atoms with Gasteiger partial charge in [0.25, 0.3) is 0 Å². The molecular weight excluding hydrogens is 246 g/mol. The molecule has 0 aliphatic rings. The Morgan fingerprint density at radius 3 is 2.68 bits per heavy atom. The molecule has 0 saturated carbocycles. The summed E-state index contributed by atoms with van der Waals surface area (Å²) in [7, 11) is 1.36. The first-order valence-corrected chi connectivity index (χ1v) is 6.36. The Kier molecular flexibility index (Phi) is 6.74. The highest BCUT2D eigenvalue weighted by atomic mass is 16.5. The summed E-state index contributed by atoms with van der Waals surface area (Å²) in [6, 6.07) is 5.71. The Bertz CT molecular complexity index is 406. The average molecular weight is 267 g/mol. The molecule has 0 aliphatic carbocycles. The lowest BCUT2D eigenvalue weighted by Gasteiger charge is -2.13. The highest BCUT2D eigenvalue weighted by Crippen LogP contribution is 2.28. The van der Waals surface area contributed by atoms with Gasteiger partial charge < -0.3 is 19.9 Å². The second-order valence-electron chi connectivity index (χ2n) is 3.93. The van der Waals surface area contributed by atoms with Gasteiger partial charge in [-0.15, -0.1) is 0 Å². The van der Waals surface area contributed by atoms with Gasteiger partial charge in [-0.2, -0.15) is 0 Å². The van der Waals surface area contributed by atoms with E-state index in [0.29, 0.717) is 24.7 Å². The quantitative estimate of drug-likeness (QED) is 0.723. The lowest BCUT2D eigenvalue weighted by molar-refractivity contribution is -0.141. The van der Waals surface area contributed by atoms with Crippen LogP contribution >= 0.6 is 0 Å². The van der Waals surface area contributed by atoms with Gasteiger partial charge >= 0.3 is 5.97 Å². The second-order valence-corrected chi connectivity index (χ2v) is 3.93. The number of benzene rings is 1. The van der Waals surface area contributed by atoms with Crippen molar-refractivity contribution in [1.29, 1.82) is 0 Å². The zero-order chi connectivity index (χ0) is 14.1. The van der Waals surface area contributed by atoms with Crippen molar-refractivity contribution in [3.8, 4) is 11.5 Å². The number of hydrogen-bond acceptors (Lipinski definition) is 5. The molecule has 5 heteroatoms. The van der Waals surface area contributed by atoms with E-state index in [1.807, 2.05) is 25.1 Å². The molecule has 19 heavy (non-hydrogen) atoms. The third-order valence-electron chi connectivity index (χ3n) is 2.53. The molecule has 0 amide bonds. The minimum Gasteiger partial charge on any atom is -0.490 e. The summed E-state index contributed by atoms with van der Waals surface area (Å²) < 4.78 is 15.6. The number of ether oxygens (including phenoxy) is 3. The highest BCUT2D eigenvalue weighted by Gasteiger charge is 2.08. The molecule has 0 bridgehead atoms. The number of rotatable bonds is 8. The topological polar surface area (TPSA) is 70.8 Å². The number of carbonyl (C=O) groups is 1. The molecule has 1 rings (SSSR count). The molecule has 0 saturated heterocycles. The maximum absolute atomic E-state index is 11.0. The molecule has 106 valence electrons. The first-order valence-electron chi connectivity index (χ1n) is 6.36. The number of hydrogen-bond donors (Lipinski definition) is 1. The SMILES string of the molecule is CCOc1cc(CCN)ccc1OCCC(=O)OC. The Labute approximate surface area is 113 Å². The van der Waals surface area contributed by atoms with Gasteiger partial charge in [0.05, 0.1) is 26.7 Å². The van der Waals surface area contributed by atoms with Gasteiger partial charge in [0, 0.05) is 0 Å². The molecule has 0 spiro atoms. The molecule has 0 atom stereocenters. The zero-order valence-corrected chi connectivity index (χ0v) is 11.5. The lowest BCUT2D eigenvalue weighted by Crippen LogP contribution is -2.09. The van der Waals surface area contributed by atoms with Gasteiger partial charge in [-0.1, -0.05) is 6.07 Å². The van der Waals surface area contributed by atoms with Crippen molar-refractivity contribution in [2.24, 2.45) is 5.73 Å². The lowest BCUT2D eigenvalue weighted by atomic mass is 10.1. The van der Waals surface area contributed by atoms with E-state index in [-0.39, 0.29) is 19.0 Å². The summed E-state index contributed by atoms with van der Waals surface area (Å²) in [6.07, 6.45) is 1.01. The van der Waals surface area contributed by atoms with Crippen molar-refractivity contribution < 1.29 is 19.0 Å². The summed E-state index contributed by atoms with van der Waals surface area (Å²) in [5, 5.41) is 0. The van der Waals surface area contributed by atoms with E-state index < -0.39 is 0 Å². The Balaban J connectivity index is 2.67. The summed E-state index contributed by atoms with van der Waals surface area (Å²) in [5.74, 6) is 1.02. The largest absolute Gasteiger partial charge is 0.490 e. The van der Waals surface area contributed by atoms with Crippen LogP contribution in [0.1, 0.15) is 18.9 Å². The zero-order valence-electron chi connectivity index (χ0n) is 11.5. The van der Waals surface area contributed by atoms with Crippen molar-refractivity contribution in [3.05, 3.63) is 23.8 Å². The number of methoxy groups -OCH3 is 1. The summed E-state index contributed by atoms with van der Waals surface area (Å²) in [6.45, 7) is 3.32. The van der Waals surface area contributed by atoms with Crippen molar-refractivity contribution in [3.63, 3.8) is 0 Å². The number of carbonyl (C=O) groups excluding carboxylic acids is 1. The van der Waals surface area contributed by atoms with Gasteiger partial charge in [-0.05, 0) is 37.6 Å². The summed E-state index contributed by atoms with van der Waals surface area (Å²) >= 11 is 0.